The second-order valence-corrected chi connectivity index (χ2v) is 7.34. The van der Waals surface area contributed by atoms with Gasteiger partial charge in [0, 0.05) is 18.7 Å². The highest BCUT2D eigenvalue weighted by Gasteiger charge is 2.35. The van der Waals surface area contributed by atoms with Crippen LogP contribution >= 0.6 is 0 Å². The van der Waals surface area contributed by atoms with E-state index in [-0.39, 0.29) is 17.2 Å². The monoisotopic (exact) mass is 325 g/mol. The van der Waals surface area contributed by atoms with Crippen LogP contribution in [0, 0.1) is 12.7 Å². The SMILES string of the molecule is Cc1noc(C2CCN(S(=O)(=O)Cc3ccccc3F)C2)n1. The molecule has 8 heteroatoms. The van der Waals surface area contributed by atoms with Crippen LogP contribution in [0.2, 0.25) is 0 Å². The molecule has 0 amide bonds. The molecule has 1 aliphatic heterocycles. The van der Waals surface area contributed by atoms with Gasteiger partial charge in [-0.05, 0) is 19.4 Å². The van der Waals surface area contributed by atoms with Gasteiger partial charge in [0.2, 0.25) is 15.9 Å². The van der Waals surface area contributed by atoms with Crippen molar-refractivity contribution in [3.05, 3.63) is 47.4 Å². The molecule has 0 radical (unpaired) electrons. The van der Waals surface area contributed by atoms with Gasteiger partial charge in [0.25, 0.3) is 0 Å². The van der Waals surface area contributed by atoms with E-state index in [1.807, 2.05) is 0 Å². The molecule has 22 heavy (non-hydrogen) atoms. The fourth-order valence-electron chi connectivity index (χ4n) is 2.56. The van der Waals surface area contributed by atoms with E-state index in [2.05, 4.69) is 10.1 Å². The molecule has 0 N–H and O–H groups in total. The van der Waals surface area contributed by atoms with E-state index >= 15 is 0 Å². The molecule has 1 atom stereocenters. The largest absolute Gasteiger partial charge is 0.339 e. The van der Waals surface area contributed by atoms with Crippen molar-refractivity contribution in [3.63, 3.8) is 0 Å². The van der Waals surface area contributed by atoms with E-state index < -0.39 is 15.8 Å². The predicted molar refractivity (Wildman–Crippen MR) is 77.0 cm³/mol. The smallest absolute Gasteiger partial charge is 0.231 e. The second-order valence-electron chi connectivity index (χ2n) is 5.37. The van der Waals surface area contributed by atoms with Crippen molar-refractivity contribution in [1.29, 1.82) is 0 Å². The summed E-state index contributed by atoms with van der Waals surface area (Å²) in [5, 5.41) is 3.72. The van der Waals surface area contributed by atoms with Gasteiger partial charge in [-0.1, -0.05) is 23.4 Å². The summed E-state index contributed by atoms with van der Waals surface area (Å²) < 4.78 is 45.0. The summed E-state index contributed by atoms with van der Waals surface area (Å²) >= 11 is 0. The summed E-state index contributed by atoms with van der Waals surface area (Å²) in [4.78, 5) is 4.15. The van der Waals surface area contributed by atoms with Crippen LogP contribution in [0.3, 0.4) is 0 Å². The molecule has 1 unspecified atom stereocenters. The van der Waals surface area contributed by atoms with Crippen LogP contribution in [-0.4, -0.2) is 36.0 Å². The zero-order valence-corrected chi connectivity index (χ0v) is 12.9. The number of aryl methyl sites for hydroxylation is 1. The Morgan fingerprint density at radius 2 is 2.18 bits per heavy atom. The third-order valence-corrected chi connectivity index (χ3v) is 5.53. The minimum atomic E-state index is -3.57. The molecule has 1 aromatic carbocycles. The van der Waals surface area contributed by atoms with Gasteiger partial charge < -0.3 is 4.52 Å². The third-order valence-electron chi connectivity index (χ3n) is 3.73. The Morgan fingerprint density at radius 3 is 2.86 bits per heavy atom. The van der Waals surface area contributed by atoms with Crippen LogP contribution in [0.4, 0.5) is 4.39 Å². The van der Waals surface area contributed by atoms with Crippen molar-refractivity contribution >= 4 is 10.0 Å². The Hall–Kier alpha value is -1.80. The number of rotatable bonds is 4. The zero-order valence-electron chi connectivity index (χ0n) is 12.1. The van der Waals surface area contributed by atoms with Crippen LogP contribution in [0.1, 0.15) is 29.6 Å². The van der Waals surface area contributed by atoms with Gasteiger partial charge in [0.05, 0.1) is 11.7 Å². The summed E-state index contributed by atoms with van der Waals surface area (Å²) in [6.45, 7) is 2.38. The first kappa shape index (κ1) is 15.1. The van der Waals surface area contributed by atoms with Crippen molar-refractivity contribution in [3.8, 4) is 0 Å². The minimum absolute atomic E-state index is 0.100. The molecule has 0 saturated carbocycles. The number of benzene rings is 1. The molecular formula is C14H16FN3O3S. The van der Waals surface area contributed by atoms with Crippen molar-refractivity contribution in [2.75, 3.05) is 13.1 Å². The third kappa shape index (κ3) is 3.02. The topological polar surface area (TPSA) is 76.3 Å². The number of aromatic nitrogens is 2. The average Bonchev–Trinajstić information content (AvgIpc) is 3.10. The first-order chi connectivity index (χ1) is 10.5. The highest BCUT2D eigenvalue weighted by Crippen LogP contribution is 2.29. The van der Waals surface area contributed by atoms with Gasteiger partial charge in [-0.25, -0.2) is 17.1 Å². The van der Waals surface area contributed by atoms with Gasteiger partial charge >= 0.3 is 0 Å². The van der Waals surface area contributed by atoms with E-state index in [4.69, 9.17) is 4.52 Å². The Balaban J connectivity index is 1.73. The summed E-state index contributed by atoms with van der Waals surface area (Å²) in [5.41, 5.74) is 0.180. The fourth-order valence-corrected chi connectivity index (χ4v) is 4.16. The highest BCUT2D eigenvalue weighted by atomic mass is 32.2. The van der Waals surface area contributed by atoms with Crippen LogP contribution in [0.15, 0.2) is 28.8 Å². The molecule has 1 aromatic heterocycles. The molecule has 1 saturated heterocycles. The molecule has 0 spiro atoms. The molecule has 2 heterocycles. The quantitative estimate of drug-likeness (QED) is 0.857. The maximum absolute atomic E-state index is 13.6. The van der Waals surface area contributed by atoms with E-state index in [0.717, 1.165) is 0 Å². The first-order valence-corrected chi connectivity index (χ1v) is 8.58. The molecule has 2 aromatic rings. The van der Waals surface area contributed by atoms with Crippen LogP contribution in [0.25, 0.3) is 0 Å². The standard InChI is InChI=1S/C14H16FN3O3S/c1-10-16-14(21-17-10)11-6-7-18(8-11)22(19,20)9-12-4-2-3-5-13(12)15/h2-5,11H,6-9H2,1H3. The highest BCUT2D eigenvalue weighted by molar-refractivity contribution is 7.88. The Morgan fingerprint density at radius 1 is 1.41 bits per heavy atom. The minimum Gasteiger partial charge on any atom is -0.339 e. The average molecular weight is 325 g/mol. The molecule has 0 aliphatic carbocycles. The van der Waals surface area contributed by atoms with Crippen LogP contribution < -0.4 is 0 Å². The number of sulfonamides is 1. The van der Waals surface area contributed by atoms with Gasteiger partial charge in [-0.2, -0.15) is 4.98 Å². The Labute approximate surface area is 128 Å². The molecule has 0 bridgehead atoms. The summed E-state index contributed by atoms with van der Waals surface area (Å²) in [6.07, 6.45) is 0.623. The van der Waals surface area contributed by atoms with Crippen molar-refractivity contribution in [2.24, 2.45) is 0 Å². The van der Waals surface area contributed by atoms with Gasteiger partial charge in [-0.15, -0.1) is 0 Å². The van der Waals surface area contributed by atoms with Gasteiger partial charge in [0.15, 0.2) is 5.82 Å². The lowest BCUT2D eigenvalue weighted by Crippen LogP contribution is -2.30. The molecular weight excluding hydrogens is 309 g/mol. The Bertz CT molecular complexity index is 775. The zero-order chi connectivity index (χ0) is 15.7. The summed E-state index contributed by atoms with van der Waals surface area (Å²) in [7, 11) is -3.57. The van der Waals surface area contributed by atoms with E-state index in [1.54, 1.807) is 13.0 Å². The molecule has 6 nitrogen and oxygen atoms in total. The predicted octanol–water partition coefficient (Wildman–Crippen LogP) is 1.84. The summed E-state index contributed by atoms with van der Waals surface area (Å²) in [6, 6.07) is 5.91. The lowest BCUT2D eigenvalue weighted by molar-refractivity contribution is 0.351. The summed E-state index contributed by atoms with van der Waals surface area (Å²) in [5.74, 6) is 0.0459. The lowest BCUT2D eigenvalue weighted by Gasteiger charge is -2.16. The van der Waals surface area contributed by atoms with E-state index in [0.29, 0.717) is 31.2 Å². The number of halogens is 1. The van der Waals surface area contributed by atoms with E-state index in [9.17, 15) is 12.8 Å². The van der Waals surface area contributed by atoms with Gasteiger partial charge in [-0.3, -0.25) is 0 Å². The van der Waals surface area contributed by atoms with Crippen molar-refractivity contribution in [2.45, 2.75) is 25.0 Å². The number of nitrogens with zero attached hydrogens (tertiary/aromatic N) is 3. The van der Waals surface area contributed by atoms with Crippen molar-refractivity contribution in [1.82, 2.24) is 14.4 Å². The first-order valence-electron chi connectivity index (χ1n) is 6.97. The fraction of sp³-hybridized carbons (Fsp3) is 0.429. The van der Waals surface area contributed by atoms with Crippen LogP contribution in [0.5, 0.6) is 0 Å². The number of hydrogen-bond acceptors (Lipinski definition) is 5. The van der Waals surface area contributed by atoms with Crippen molar-refractivity contribution < 1.29 is 17.3 Å². The molecule has 3 rings (SSSR count). The van der Waals surface area contributed by atoms with Crippen LogP contribution in [-0.2, 0) is 15.8 Å². The second kappa shape index (κ2) is 5.77. The maximum atomic E-state index is 13.6. The van der Waals surface area contributed by atoms with E-state index in [1.165, 1.54) is 22.5 Å². The lowest BCUT2D eigenvalue weighted by atomic mass is 10.1. The normalized spacial score (nSPS) is 19.6. The molecule has 1 aliphatic rings. The maximum Gasteiger partial charge on any atom is 0.231 e. The molecule has 118 valence electrons. The molecule has 1 fully saturated rings. The number of hydrogen-bond donors (Lipinski definition) is 0. The Kier molecular flexibility index (Phi) is 3.96. The van der Waals surface area contributed by atoms with Gasteiger partial charge in [0.1, 0.15) is 5.82 Å².